The Labute approximate surface area is 162 Å². The fourth-order valence-electron chi connectivity index (χ4n) is 2.33. The van der Waals surface area contributed by atoms with E-state index in [2.05, 4.69) is 5.32 Å². The number of hydrogen-bond donors (Lipinski definition) is 1. The maximum absolute atomic E-state index is 12.2. The normalized spacial score (nSPS) is 11.3. The second-order valence-corrected chi connectivity index (χ2v) is 6.12. The number of ether oxygens (including phenoxy) is 2. The summed E-state index contributed by atoms with van der Waals surface area (Å²) in [7, 11) is 5.09. The van der Waals surface area contributed by atoms with Gasteiger partial charge in [-0.1, -0.05) is 0 Å². The van der Waals surface area contributed by atoms with Gasteiger partial charge >= 0.3 is 11.7 Å². The van der Waals surface area contributed by atoms with Crippen molar-refractivity contribution < 1.29 is 24.0 Å². The number of hydrogen-bond acceptors (Lipinski definition) is 7. The Hall–Kier alpha value is -3.62. The lowest BCUT2D eigenvalue weighted by Gasteiger charge is -2.15. The van der Waals surface area contributed by atoms with E-state index < -0.39 is 22.9 Å². The van der Waals surface area contributed by atoms with Crippen molar-refractivity contribution in [3.8, 4) is 5.75 Å². The summed E-state index contributed by atoms with van der Waals surface area (Å²) in [5.74, 6) is -1.35. The Morgan fingerprint density at radius 1 is 1.14 bits per heavy atom. The van der Waals surface area contributed by atoms with Gasteiger partial charge in [0.05, 0.1) is 17.6 Å². The van der Waals surface area contributed by atoms with Gasteiger partial charge in [-0.25, -0.2) is 4.79 Å². The topological polar surface area (TPSA) is 111 Å². The Bertz CT molecular complexity index is 880. The van der Waals surface area contributed by atoms with Gasteiger partial charge in [-0.05, 0) is 43.3 Å². The monoisotopic (exact) mass is 387 g/mol. The molecule has 0 aliphatic rings. The molecule has 0 aliphatic heterocycles. The van der Waals surface area contributed by atoms with E-state index in [9.17, 15) is 19.7 Å². The second kappa shape index (κ2) is 8.85. The van der Waals surface area contributed by atoms with Crippen LogP contribution in [0.2, 0.25) is 0 Å². The van der Waals surface area contributed by atoms with Gasteiger partial charge < -0.3 is 19.7 Å². The molecule has 0 fully saturated rings. The molecule has 0 saturated carbocycles. The number of carbonyl (C=O) groups is 2. The van der Waals surface area contributed by atoms with E-state index in [4.69, 9.17) is 9.47 Å². The zero-order valence-corrected chi connectivity index (χ0v) is 16.0. The average molecular weight is 387 g/mol. The number of nitro groups is 1. The number of anilines is 2. The van der Waals surface area contributed by atoms with Crippen LogP contribution in [-0.4, -0.2) is 44.1 Å². The number of rotatable bonds is 7. The summed E-state index contributed by atoms with van der Waals surface area (Å²) in [6.07, 6.45) is -1.10. The van der Waals surface area contributed by atoms with Gasteiger partial charge in [0.2, 0.25) is 0 Å². The molecule has 0 bridgehead atoms. The first-order chi connectivity index (χ1) is 13.2. The number of nitro benzene ring substituents is 1. The van der Waals surface area contributed by atoms with Crippen molar-refractivity contribution in [1.82, 2.24) is 0 Å². The first kappa shape index (κ1) is 20.7. The standard InChI is InChI=1S/C19H21N3O6/c1-12(18(23)20-14-6-8-15(9-7-14)21(2)3)28-19(24)13-5-10-17(27-4)16(11-13)22(25)26/h5-12H,1-4H3,(H,20,23). The average Bonchev–Trinajstić information content (AvgIpc) is 2.67. The van der Waals surface area contributed by atoms with E-state index >= 15 is 0 Å². The maximum Gasteiger partial charge on any atom is 0.339 e. The van der Waals surface area contributed by atoms with Crippen LogP contribution in [-0.2, 0) is 9.53 Å². The zero-order valence-electron chi connectivity index (χ0n) is 16.0. The predicted molar refractivity (Wildman–Crippen MR) is 104 cm³/mol. The summed E-state index contributed by atoms with van der Waals surface area (Å²) < 4.78 is 10.0. The molecular formula is C19H21N3O6. The Morgan fingerprint density at radius 3 is 2.32 bits per heavy atom. The van der Waals surface area contributed by atoms with Crippen LogP contribution in [0.3, 0.4) is 0 Å². The number of carbonyl (C=O) groups excluding carboxylic acids is 2. The minimum atomic E-state index is -1.10. The van der Waals surface area contributed by atoms with Crippen LogP contribution in [0.25, 0.3) is 0 Å². The van der Waals surface area contributed by atoms with Crippen LogP contribution in [0.15, 0.2) is 42.5 Å². The number of nitrogens with zero attached hydrogens (tertiary/aromatic N) is 2. The Kier molecular flexibility index (Phi) is 6.54. The quantitative estimate of drug-likeness (QED) is 0.442. The van der Waals surface area contributed by atoms with E-state index in [0.29, 0.717) is 5.69 Å². The maximum atomic E-state index is 12.2. The van der Waals surface area contributed by atoms with Crippen molar-refractivity contribution in [2.45, 2.75) is 13.0 Å². The lowest BCUT2D eigenvalue weighted by molar-refractivity contribution is -0.385. The molecule has 0 spiro atoms. The van der Waals surface area contributed by atoms with Crippen molar-refractivity contribution in [3.05, 3.63) is 58.1 Å². The summed E-state index contributed by atoms with van der Waals surface area (Å²) in [5.41, 5.74) is 1.11. The van der Waals surface area contributed by atoms with Crippen molar-refractivity contribution in [2.75, 3.05) is 31.4 Å². The van der Waals surface area contributed by atoms with E-state index in [-0.39, 0.29) is 17.0 Å². The van der Waals surface area contributed by atoms with E-state index in [0.717, 1.165) is 11.8 Å². The first-order valence-corrected chi connectivity index (χ1v) is 8.34. The van der Waals surface area contributed by atoms with Gasteiger partial charge in [-0.2, -0.15) is 0 Å². The molecule has 0 saturated heterocycles. The summed E-state index contributed by atoms with van der Waals surface area (Å²) in [4.78, 5) is 36.8. The van der Waals surface area contributed by atoms with Crippen LogP contribution in [0, 0.1) is 10.1 Å². The largest absolute Gasteiger partial charge is 0.490 e. The molecule has 1 amide bonds. The third kappa shape index (κ3) is 4.97. The molecule has 0 aromatic heterocycles. The van der Waals surface area contributed by atoms with Crippen LogP contribution in [0.5, 0.6) is 5.75 Å². The summed E-state index contributed by atoms with van der Waals surface area (Å²) in [6.45, 7) is 1.42. The number of esters is 1. The molecule has 0 aliphatic carbocycles. The van der Waals surface area contributed by atoms with Crippen molar-refractivity contribution >= 4 is 28.9 Å². The second-order valence-electron chi connectivity index (χ2n) is 6.12. The zero-order chi connectivity index (χ0) is 20.8. The van der Waals surface area contributed by atoms with Gasteiger partial charge in [-0.3, -0.25) is 14.9 Å². The molecule has 9 heteroatoms. The summed E-state index contributed by atoms with van der Waals surface area (Å²) in [6, 6.07) is 10.8. The van der Waals surface area contributed by atoms with Crippen molar-refractivity contribution in [3.63, 3.8) is 0 Å². The molecule has 148 valence electrons. The lowest BCUT2D eigenvalue weighted by Crippen LogP contribution is -2.30. The van der Waals surface area contributed by atoms with E-state index in [1.807, 2.05) is 31.1 Å². The minimum absolute atomic E-state index is 0.0218. The lowest BCUT2D eigenvalue weighted by atomic mass is 10.2. The number of nitrogens with one attached hydrogen (secondary N) is 1. The molecule has 2 aromatic carbocycles. The molecule has 2 rings (SSSR count). The van der Waals surface area contributed by atoms with E-state index in [1.54, 1.807) is 12.1 Å². The highest BCUT2D eigenvalue weighted by molar-refractivity contribution is 5.97. The highest BCUT2D eigenvalue weighted by Gasteiger charge is 2.22. The third-order valence-corrected chi connectivity index (χ3v) is 3.92. The molecule has 0 heterocycles. The van der Waals surface area contributed by atoms with Gasteiger partial charge in [-0.15, -0.1) is 0 Å². The van der Waals surface area contributed by atoms with Gasteiger partial charge in [0.1, 0.15) is 0 Å². The van der Waals surface area contributed by atoms with Crippen molar-refractivity contribution in [2.24, 2.45) is 0 Å². The van der Waals surface area contributed by atoms with E-state index in [1.165, 1.54) is 26.2 Å². The first-order valence-electron chi connectivity index (χ1n) is 8.34. The Balaban J connectivity index is 2.04. The number of methoxy groups -OCH3 is 1. The highest BCUT2D eigenvalue weighted by Crippen LogP contribution is 2.28. The van der Waals surface area contributed by atoms with Crippen LogP contribution in [0.4, 0.5) is 17.1 Å². The van der Waals surface area contributed by atoms with Gasteiger partial charge in [0.25, 0.3) is 5.91 Å². The molecule has 1 atom stereocenters. The highest BCUT2D eigenvalue weighted by atomic mass is 16.6. The molecule has 1 unspecified atom stereocenters. The number of benzene rings is 2. The molecule has 1 N–H and O–H groups in total. The number of amides is 1. The molecule has 9 nitrogen and oxygen atoms in total. The fourth-order valence-corrected chi connectivity index (χ4v) is 2.33. The predicted octanol–water partition coefficient (Wildman–Crippen LogP) is 2.85. The molecule has 2 aromatic rings. The van der Waals surface area contributed by atoms with Crippen LogP contribution >= 0.6 is 0 Å². The fraction of sp³-hybridized carbons (Fsp3) is 0.263. The summed E-state index contributed by atoms with van der Waals surface area (Å²) >= 11 is 0. The van der Waals surface area contributed by atoms with Gasteiger partial charge in [0.15, 0.2) is 11.9 Å². The molecular weight excluding hydrogens is 366 g/mol. The van der Waals surface area contributed by atoms with Crippen LogP contribution in [0.1, 0.15) is 17.3 Å². The van der Waals surface area contributed by atoms with Crippen LogP contribution < -0.4 is 15.0 Å². The third-order valence-electron chi connectivity index (χ3n) is 3.92. The van der Waals surface area contributed by atoms with Crippen molar-refractivity contribution in [1.29, 1.82) is 0 Å². The summed E-state index contributed by atoms with van der Waals surface area (Å²) in [5, 5.41) is 13.7. The van der Waals surface area contributed by atoms with Gasteiger partial charge in [0, 0.05) is 31.5 Å². The Morgan fingerprint density at radius 2 is 1.79 bits per heavy atom. The minimum Gasteiger partial charge on any atom is -0.490 e. The smallest absolute Gasteiger partial charge is 0.339 e. The SMILES string of the molecule is COc1ccc(C(=O)OC(C)C(=O)Nc2ccc(N(C)C)cc2)cc1[N+](=O)[O-]. The molecule has 28 heavy (non-hydrogen) atoms. The molecule has 0 radical (unpaired) electrons.